The molecule has 23 heavy (non-hydrogen) atoms. The maximum absolute atomic E-state index is 11.8. The van der Waals surface area contributed by atoms with Crippen molar-refractivity contribution in [1.82, 2.24) is 19.7 Å². The quantitative estimate of drug-likeness (QED) is 0.616. The van der Waals surface area contributed by atoms with Gasteiger partial charge in [0.15, 0.2) is 5.13 Å². The van der Waals surface area contributed by atoms with E-state index in [1.54, 1.807) is 14.1 Å². The summed E-state index contributed by atoms with van der Waals surface area (Å²) in [4.78, 5) is 18.9. The van der Waals surface area contributed by atoms with Crippen LogP contribution in [0.4, 0.5) is 9.93 Å². The third kappa shape index (κ3) is 2.29. The fourth-order valence-corrected chi connectivity index (χ4v) is 3.65. The number of carbonyl (C=O) groups is 1. The first-order valence-corrected chi connectivity index (χ1v) is 8.06. The molecule has 1 aliphatic carbocycles. The van der Waals surface area contributed by atoms with E-state index in [2.05, 4.69) is 15.4 Å². The van der Waals surface area contributed by atoms with Crippen molar-refractivity contribution in [2.75, 3.05) is 19.4 Å². The number of para-hydroxylation sites is 1. The fraction of sp³-hybridized carbons (Fsp3) is 0.188. The molecule has 1 N–H and O–H groups in total. The van der Waals surface area contributed by atoms with Gasteiger partial charge in [-0.25, -0.2) is 14.5 Å². The van der Waals surface area contributed by atoms with Gasteiger partial charge in [-0.05, 0) is 12.1 Å². The largest absolute Gasteiger partial charge is 0.331 e. The minimum absolute atomic E-state index is 0.172. The molecule has 116 valence electrons. The lowest BCUT2D eigenvalue weighted by molar-refractivity contribution is 0.230. The average Bonchev–Trinajstić information content (AvgIpc) is 3.18. The van der Waals surface area contributed by atoms with Gasteiger partial charge in [0.05, 0.1) is 28.1 Å². The summed E-state index contributed by atoms with van der Waals surface area (Å²) < 4.78 is 1.94. The van der Waals surface area contributed by atoms with Crippen LogP contribution in [0.3, 0.4) is 0 Å². The Labute approximate surface area is 137 Å². The van der Waals surface area contributed by atoms with Crippen LogP contribution in [0.1, 0.15) is 11.3 Å². The van der Waals surface area contributed by atoms with E-state index in [9.17, 15) is 4.79 Å². The smallest absolute Gasteiger partial charge is 0.323 e. The fourth-order valence-electron chi connectivity index (χ4n) is 2.61. The molecule has 3 aromatic rings. The van der Waals surface area contributed by atoms with E-state index in [4.69, 9.17) is 0 Å². The third-order valence-corrected chi connectivity index (χ3v) is 4.76. The number of rotatable bonds is 2. The lowest BCUT2D eigenvalue weighted by atomic mass is 10.2. The number of thiazole rings is 1. The molecule has 0 saturated heterocycles. The summed E-state index contributed by atoms with van der Waals surface area (Å²) in [5.74, 6) is 0. The number of amides is 2. The Morgan fingerprint density at radius 1 is 1.30 bits per heavy atom. The Morgan fingerprint density at radius 2 is 2.09 bits per heavy atom. The SMILES string of the molecule is CN(C)C(=O)Nc1nc2c(s1)-c1c(cnn1-c1ccccc1)C2. The van der Waals surface area contributed by atoms with Crippen LogP contribution in [0.25, 0.3) is 16.3 Å². The number of hydrogen-bond acceptors (Lipinski definition) is 4. The lowest BCUT2D eigenvalue weighted by Crippen LogP contribution is -2.27. The van der Waals surface area contributed by atoms with E-state index >= 15 is 0 Å². The predicted octanol–water partition coefficient (Wildman–Crippen LogP) is 2.99. The van der Waals surface area contributed by atoms with E-state index in [0.717, 1.165) is 28.4 Å². The van der Waals surface area contributed by atoms with Gasteiger partial charge in [0.1, 0.15) is 0 Å². The molecule has 4 rings (SSSR count). The monoisotopic (exact) mass is 325 g/mol. The molecule has 1 aliphatic rings. The average molecular weight is 325 g/mol. The number of carbonyl (C=O) groups excluding carboxylic acids is 1. The van der Waals surface area contributed by atoms with Gasteiger partial charge in [-0.2, -0.15) is 5.10 Å². The summed E-state index contributed by atoms with van der Waals surface area (Å²) in [7, 11) is 3.42. The highest BCUT2D eigenvalue weighted by molar-refractivity contribution is 7.19. The molecule has 6 nitrogen and oxygen atoms in total. The third-order valence-electron chi connectivity index (χ3n) is 3.74. The van der Waals surface area contributed by atoms with Crippen molar-refractivity contribution in [2.45, 2.75) is 6.42 Å². The molecule has 0 atom stereocenters. The zero-order valence-electron chi connectivity index (χ0n) is 12.8. The normalized spacial score (nSPS) is 11.9. The van der Waals surface area contributed by atoms with Crippen LogP contribution in [0.15, 0.2) is 36.5 Å². The molecule has 0 saturated carbocycles. The second-order valence-electron chi connectivity index (χ2n) is 5.56. The zero-order valence-corrected chi connectivity index (χ0v) is 13.6. The molecule has 0 fully saturated rings. The first-order valence-electron chi connectivity index (χ1n) is 7.24. The lowest BCUT2D eigenvalue weighted by Gasteiger charge is -2.09. The van der Waals surface area contributed by atoms with Crippen LogP contribution in [0.2, 0.25) is 0 Å². The molecule has 2 amide bonds. The molecule has 0 unspecified atom stereocenters. The van der Waals surface area contributed by atoms with Crippen molar-refractivity contribution in [3.63, 3.8) is 0 Å². The zero-order chi connectivity index (χ0) is 16.0. The number of nitrogens with zero attached hydrogens (tertiary/aromatic N) is 4. The van der Waals surface area contributed by atoms with E-state index < -0.39 is 0 Å². The van der Waals surface area contributed by atoms with Gasteiger partial charge < -0.3 is 4.90 Å². The van der Waals surface area contributed by atoms with Crippen LogP contribution in [0, 0.1) is 0 Å². The Morgan fingerprint density at radius 3 is 2.83 bits per heavy atom. The Bertz CT molecular complexity index is 881. The number of fused-ring (bicyclic) bond motifs is 3. The predicted molar refractivity (Wildman–Crippen MR) is 90.2 cm³/mol. The van der Waals surface area contributed by atoms with Crippen LogP contribution < -0.4 is 5.32 Å². The standard InChI is InChI=1S/C16H15N5OS/c1-20(2)16(22)19-15-18-12-8-10-9-17-21(13(10)14(12)23-15)11-6-4-3-5-7-11/h3-7,9H,8H2,1-2H3,(H,18,19,22). The molecule has 1 aromatic carbocycles. The van der Waals surface area contributed by atoms with Gasteiger partial charge in [0.25, 0.3) is 0 Å². The topological polar surface area (TPSA) is 63.1 Å². The molecular weight excluding hydrogens is 310 g/mol. The molecule has 2 aromatic heterocycles. The van der Waals surface area contributed by atoms with Gasteiger partial charge in [-0.1, -0.05) is 29.5 Å². The highest BCUT2D eigenvalue weighted by atomic mass is 32.1. The minimum Gasteiger partial charge on any atom is -0.331 e. The molecule has 0 aliphatic heterocycles. The maximum Gasteiger partial charge on any atom is 0.323 e. The number of urea groups is 1. The summed E-state index contributed by atoms with van der Waals surface area (Å²) in [5.41, 5.74) is 4.28. The van der Waals surface area contributed by atoms with E-state index in [1.807, 2.05) is 41.2 Å². The van der Waals surface area contributed by atoms with Crippen LogP contribution in [-0.2, 0) is 6.42 Å². The van der Waals surface area contributed by atoms with Crippen molar-refractivity contribution in [1.29, 1.82) is 0 Å². The first-order chi connectivity index (χ1) is 11.1. The van der Waals surface area contributed by atoms with E-state index in [1.165, 1.54) is 21.8 Å². The summed E-state index contributed by atoms with van der Waals surface area (Å²) >= 11 is 1.49. The number of anilines is 1. The second kappa shape index (κ2) is 5.20. The Kier molecular flexibility index (Phi) is 3.16. The molecule has 7 heteroatoms. The summed E-state index contributed by atoms with van der Waals surface area (Å²) in [5, 5.41) is 7.95. The number of aromatic nitrogens is 3. The first kappa shape index (κ1) is 14.0. The van der Waals surface area contributed by atoms with Gasteiger partial charge in [-0.3, -0.25) is 5.32 Å². The number of nitrogens with one attached hydrogen (secondary N) is 1. The Balaban J connectivity index is 1.73. The number of benzene rings is 1. The number of hydrogen-bond donors (Lipinski definition) is 1. The van der Waals surface area contributed by atoms with Gasteiger partial charge in [0, 0.05) is 26.1 Å². The highest BCUT2D eigenvalue weighted by Gasteiger charge is 2.28. The van der Waals surface area contributed by atoms with Crippen molar-refractivity contribution < 1.29 is 4.79 Å². The summed E-state index contributed by atoms with van der Waals surface area (Å²) in [6.07, 6.45) is 2.65. The van der Waals surface area contributed by atoms with Crippen molar-refractivity contribution in [2.24, 2.45) is 0 Å². The Hall–Kier alpha value is -2.67. The van der Waals surface area contributed by atoms with E-state index in [-0.39, 0.29) is 6.03 Å². The maximum atomic E-state index is 11.8. The van der Waals surface area contributed by atoms with Gasteiger partial charge in [0.2, 0.25) is 0 Å². The van der Waals surface area contributed by atoms with Crippen molar-refractivity contribution in [3.8, 4) is 16.3 Å². The van der Waals surface area contributed by atoms with Crippen LogP contribution in [-0.4, -0.2) is 39.8 Å². The van der Waals surface area contributed by atoms with Gasteiger partial charge in [-0.15, -0.1) is 0 Å². The molecule has 0 bridgehead atoms. The second-order valence-corrected chi connectivity index (χ2v) is 6.56. The molecule has 0 spiro atoms. The molecular formula is C16H15N5OS. The van der Waals surface area contributed by atoms with Crippen LogP contribution in [0.5, 0.6) is 0 Å². The van der Waals surface area contributed by atoms with Gasteiger partial charge >= 0.3 is 6.03 Å². The summed E-state index contributed by atoms with van der Waals surface area (Å²) in [6.45, 7) is 0. The van der Waals surface area contributed by atoms with Crippen LogP contribution >= 0.6 is 11.3 Å². The van der Waals surface area contributed by atoms with E-state index in [0.29, 0.717) is 5.13 Å². The van der Waals surface area contributed by atoms with Crippen molar-refractivity contribution in [3.05, 3.63) is 47.8 Å². The molecule has 0 radical (unpaired) electrons. The molecule has 2 heterocycles. The van der Waals surface area contributed by atoms with Crippen molar-refractivity contribution >= 4 is 22.5 Å². The highest BCUT2D eigenvalue weighted by Crippen LogP contribution is 2.42. The summed E-state index contributed by atoms with van der Waals surface area (Å²) in [6, 6.07) is 9.86. The minimum atomic E-state index is -0.172.